The smallest absolute Gasteiger partial charge is 0.326 e. The Hall–Kier alpha value is -6.37. The summed E-state index contributed by atoms with van der Waals surface area (Å²) in [6, 6.07) is 2.47. The van der Waals surface area contributed by atoms with Crippen molar-refractivity contribution in [3.05, 3.63) is 59.8 Å². The highest BCUT2D eigenvalue weighted by molar-refractivity contribution is 6.12. The first kappa shape index (κ1) is 53.0. The van der Waals surface area contributed by atoms with Gasteiger partial charge in [0, 0.05) is 80.3 Å². The Morgan fingerprint density at radius 2 is 1.37 bits per heavy atom. The number of imide groups is 1. The molecule has 2 heterocycles. The zero-order valence-corrected chi connectivity index (χ0v) is 39.2. The van der Waals surface area contributed by atoms with Crippen LogP contribution in [0.3, 0.4) is 0 Å². The highest BCUT2D eigenvalue weighted by Gasteiger charge is 2.42. The molecule has 1 aliphatic rings. The average molecular weight is 907 g/mol. The fourth-order valence-electron chi connectivity index (χ4n) is 7.79. The van der Waals surface area contributed by atoms with Gasteiger partial charge < -0.3 is 46.3 Å². The van der Waals surface area contributed by atoms with Gasteiger partial charge in [-0.2, -0.15) is 0 Å². The minimum Gasteiger partial charge on any atom is -0.480 e. The maximum Gasteiger partial charge on any atom is 0.326 e. The lowest BCUT2D eigenvalue weighted by atomic mass is 9.76. The Morgan fingerprint density at radius 3 is 1.91 bits per heavy atom. The van der Waals surface area contributed by atoms with Crippen molar-refractivity contribution in [2.24, 2.45) is 18.4 Å². The molecule has 0 bridgehead atoms. The second-order valence-corrected chi connectivity index (χ2v) is 18.4. The molecule has 0 saturated carbocycles. The monoisotopic (exact) mass is 906 g/mol. The van der Waals surface area contributed by atoms with Gasteiger partial charge in [0.2, 0.25) is 29.5 Å². The third-order valence-corrected chi connectivity index (χ3v) is 11.6. The van der Waals surface area contributed by atoms with E-state index in [-0.39, 0.29) is 43.3 Å². The minimum atomic E-state index is -1.55. The number of hydrogen-bond acceptors (Lipinski definition) is 10. The normalized spacial score (nSPS) is 15.6. The summed E-state index contributed by atoms with van der Waals surface area (Å²) >= 11 is 0. The Kier molecular flexibility index (Phi) is 18.3. The highest BCUT2D eigenvalue weighted by Crippen LogP contribution is 2.35. The summed E-state index contributed by atoms with van der Waals surface area (Å²) in [4.78, 5) is 117. The van der Waals surface area contributed by atoms with E-state index in [1.807, 2.05) is 90.5 Å². The van der Waals surface area contributed by atoms with Gasteiger partial charge >= 0.3 is 11.9 Å². The Morgan fingerprint density at radius 1 is 0.815 bits per heavy atom. The van der Waals surface area contributed by atoms with Crippen molar-refractivity contribution in [2.45, 2.75) is 117 Å². The second-order valence-electron chi connectivity index (χ2n) is 18.4. The molecule has 1 aromatic heterocycles. The van der Waals surface area contributed by atoms with Gasteiger partial charge in [-0.3, -0.25) is 38.5 Å². The van der Waals surface area contributed by atoms with Gasteiger partial charge in [-0.1, -0.05) is 72.7 Å². The molecule has 65 heavy (non-hydrogen) atoms. The van der Waals surface area contributed by atoms with E-state index in [1.54, 1.807) is 20.2 Å². The Bertz CT molecular complexity index is 2180. The highest BCUT2D eigenvalue weighted by atomic mass is 16.4. The van der Waals surface area contributed by atoms with Gasteiger partial charge in [-0.05, 0) is 49.8 Å². The van der Waals surface area contributed by atoms with Crippen LogP contribution in [0.5, 0.6) is 0 Å². The number of carbonyl (C=O) groups is 9. The van der Waals surface area contributed by atoms with Crippen LogP contribution >= 0.6 is 0 Å². The molecule has 2 aromatic rings. The van der Waals surface area contributed by atoms with Gasteiger partial charge in [0.15, 0.2) is 0 Å². The van der Waals surface area contributed by atoms with Crippen LogP contribution in [0.2, 0.25) is 0 Å². The average Bonchev–Trinajstić information content (AvgIpc) is 3.74. The third kappa shape index (κ3) is 13.8. The van der Waals surface area contributed by atoms with E-state index in [1.165, 1.54) is 11.8 Å². The molecule has 356 valence electrons. The van der Waals surface area contributed by atoms with Crippen molar-refractivity contribution < 1.29 is 53.4 Å². The van der Waals surface area contributed by atoms with Crippen molar-refractivity contribution in [1.82, 2.24) is 41.0 Å². The van der Waals surface area contributed by atoms with Crippen LogP contribution in [0.15, 0.2) is 54.3 Å². The number of carboxylic acid groups (broad SMARTS) is 2. The molecule has 19 nitrogen and oxygen atoms in total. The van der Waals surface area contributed by atoms with Gasteiger partial charge in [0.05, 0.1) is 12.1 Å². The molecule has 0 aliphatic carbocycles. The van der Waals surface area contributed by atoms with E-state index in [4.69, 9.17) is 0 Å². The predicted octanol–water partition coefficient (Wildman–Crippen LogP) is 1.74. The van der Waals surface area contributed by atoms with Gasteiger partial charge in [-0.25, -0.2) is 9.59 Å². The number of rotatable bonds is 23. The molecule has 5 atom stereocenters. The molecule has 3 rings (SSSR count). The maximum absolute atomic E-state index is 14.4. The topological polar surface area (TPSA) is 266 Å². The maximum atomic E-state index is 14.4. The number of nitrogens with one attached hydrogen (secondary N) is 5. The number of aliphatic carboxylic acids is 2. The number of nitrogens with zero attached hydrogens (tertiary/aromatic N) is 3. The van der Waals surface area contributed by atoms with E-state index in [9.17, 15) is 53.4 Å². The molecule has 1 aromatic carbocycles. The minimum absolute atomic E-state index is 0.0617. The SMILES string of the molecule is CN[C@H](C(=O)N[C@H](C(=O)N(C)[C@H](/C=C(\C)C(=O)N[C@H](CCC(=O)N[C@H](CCC(=O)NCCN1C(=O)C=CC1=O)C(=O)O)C(=O)O)C(C)C)C(C)(C)C)C(C)(C)c1cn(C)c2ccccc12. The molecular weight excluding hydrogens is 841 g/mol. The summed E-state index contributed by atoms with van der Waals surface area (Å²) in [5.41, 5.74) is 0.591. The van der Waals surface area contributed by atoms with Crippen molar-refractivity contribution >= 4 is 64.2 Å². The van der Waals surface area contributed by atoms with Crippen LogP contribution in [0, 0.1) is 11.3 Å². The van der Waals surface area contributed by atoms with Crippen LogP contribution in [-0.2, 0) is 55.6 Å². The molecule has 0 spiro atoms. The molecule has 0 radical (unpaired) electrons. The first-order chi connectivity index (χ1) is 30.2. The second kappa shape index (κ2) is 22.5. The number of aryl methyl sites for hydroxylation is 1. The molecular formula is C46H66N8O11. The van der Waals surface area contributed by atoms with Crippen molar-refractivity contribution in [3.8, 4) is 0 Å². The first-order valence-electron chi connectivity index (χ1n) is 21.6. The van der Waals surface area contributed by atoms with E-state index in [2.05, 4.69) is 26.6 Å². The number of hydrogen-bond donors (Lipinski definition) is 7. The Labute approximate surface area is 379 Å². The van der Waals surface area contributed by atoms with Crippen LogP contribution in [0.1, 0.15) is 86.6 Å². The van der Waals surface area contributed by atoms with Crippen LogP contribution in [0.25, 0.3) is 10.9 Å². The number of likely N-dealkylation sites (N-methyl/N-ethyl adjacent to an activating group) is 2. The number of amides is 7. The largest absolute Gasteiger partial charge is 0.480 e. The zero-order valence-electron chi connectivity index (χ0n) is 39.2. The van der Waals surface area contributed by atoms with Crippen molar-refractivity contribution in [1.29, 1.82) is 0 Å². The summed E-state index contributed by atoms with van der Waals surface area (Å²) < 4.78 is 2.01. The number of benzene rings is 1. The Balaban J connectivity index is 1.65. The van der Waals surface area contributed by atoms with Crippen molar-refractivity contribution in [2.75, 3.05) is 27.2 Å². The molecule has 0 unspecified atom stereocenters. The lowest BCUT2D eigenvalue weighted by Crippen LogP contribution is -2.61. The summed E-state index contributed by atoms with van der Waals surface area (Å²) in [5.74, 6) is -7.13. The number of carbonyl (C=O) groups excluding carboxylic acids is 7. The molecule has 0 saturated heterocycles. The zero-order chi connectivity index (χ0) is 49.1. The van der Waals surface area contributed by atoms with E-state index in [0.717, 1.165) is 33.5 Å². The van der Waals surface area contributed by atoms with Gasteiger partial charge in [0.1, 0.15) is 18.1 Å². The first-order valence-corrected chi connectivity index (χ1v) is 21.6. The molecule has 7 N–H and O–H groups in total. The standard InChI is InChI=1S/C46H66N8O11/c1-26(2)33(53(11)42(61)39(45(4,5)6)51-41(60)38(47-9)46(7,8)29-25-52(10)32-15-13-12-14-28(29)32)24-27(3)40(59)50-31(44(64)65)17-19-35(56)49-30(43(62)63)16-18-34(55)48-22-23-54-36(57)20-21-37(54)58/h12-15,20-21,24-26,30-31,33,38-39,47H,16-19,22-23H2,1-11H3,(H,48,55)(H,49,56)(H,50,59)(H,51,60)(H,62,63)(H,64,65)/b27-24+/t30-,31-,33-,38-,39-/m1/s1. The molecule has 7 amide bonds. The molecule has 0 fully saturated rings. The van der Waals surface area contributed by atoms with E-state index < -0.39 is 101 Å². The van der Waals surface area contributed by atoms with Crippen molar-refractivity contribution in [3.63, 3.8) is 0 Å². The van der Waals surface area contributed by atoms with Crippen LogP contribution in [-0.4, -0.2) is 135 Å². The summed E-state index contributed by atoms with van der Waals surface area (Å²) in [7, 11) is 5.22. The van der Waals surface area contributed by atoms with E-state index in [0.29, 0.717) is 0 Å². The summed E-state index contributed by atoms with van der Waals surface area (Å²) in [5, 5.41) is 33.9. The predicted molar refractivity (Wildman–Crippen MR) is 242 cm³/mol. The number of carboxylic acids is 2. The number of fused-ring (bicyclic) bond motifs is 1. The fraction of sp³-hybridized carbons (Fsp3) is 0.543. The fourth-order valence-corrected chi connectivity index (χ4v) is 7.79. The van der Waals surface area contributed by atoms with Crippen LogP contribution < -0.4 is 26.6 Å². The number of aromatic nitrogens is 1. The van der Waals surface area contributed by atoms with Crippen LogP contribution in [0.4, 0.5) is 0 Å². The lowest BCUT2D eigenvalue weighted by molar-refractivity contribution is -0.143. The molecule has 19 heteroatoms. The van der Waals surface area contributed by atoms with Gasteiger partial charge in [-0.15, -0.1) is 0 Å². The summed E-state index contributed by atoms with van der Waals surface area (Å²) in [6.45, 7) is 14.5. The quantitative estimate of drug-likeness (QED) is 0.0622. The summed E-state index contributed by atoms with van der Waals surface area (Å²) in [6.07, 6.45) is 4.25. The lowest BCUT2D eigenvalue weighted by Gasteiger charge is -2.39. The van der Waals surface area contributed by atoms with Gasteiger partial charge in [0.25, 0.3) is 11.8 Å². The van der Waals surface area contributed by atoms with E-state index >= 15 is 0 Å². The third-order valence-electron chi connectivity index (χ3n) is 11.6. The number of para-hydroxylation sites is 1. The molecule has 1 aliphatic heterocycles.